The molecule has 3 heterocycles. The summed E-state index contributed by atoms with van der Waals surface area (Å²) in [6.07, 6.45) is 5.77. The Morgan fingerprint density at radius 1 is 1.04 bits per heavy atom. The zero-order valence-electron chi connectivity index (χ0n) is 15.9. The summed E-state index contributed by atoms with van der Waals surface area (Å²) >= 11 is 0. The van der Waals surface area contributed by atoms with Gasteiger partial charge in [-0.1, -0.05) is 18.2 Å². The molecule has 4 rings (SSSR count). The van der Waals surface area contributed by atoms with Crippen molar-refractivity contribution in [3.63, 3.8) is 0 Å². The highest BCUT2D eigenvalue weighted by molar-refractivity contribution is 5.18. The number of halogens is 1. The summed E-state index contributed by atoms with van der Waals surface area (Å²) in [5, 5.41) is 4.38. The Morgan fingerprint density at radius 3 is 2.50 bits per heavy atom. The number of piperidine rings is 1. The number of rotatable bonds is 4. The number of nitrogens with zero attached hydrogens (tertiary/aromatic N) is 4. The molecule has 5 heteroatoms. The predicted molar refractivity (Wildman–Crippen MR) is 101 cm³/mol. The number of aryl methyl sites for hydroxylation is 1. The molecule has 1 aromatic carbocycles. The van der Waals surface area contributed by atoms with Crippen molar-refractivity contribution >= 4 is 0 Å². The maximum atomic E-state index is 14.0. The summed E-state index contributed by atoms with van der Waals surface area (Å²) in [7, 11) is 2.01. The van der Waals surface area contributed by atoms with Gasteiger partial charge in [-0.3, -0.25) is 14.5 Å². The maximum absolute atomic E-state index is 14.0. The summed E-state index contributed by atoms with van der Waals surface area (Å²) in [6, 6.07) is 7.20. The van der Waals surface area contributed by atoms with Crippen LogP contribution in [-0.4, -0.2) is 45.8 Å². The van der Waals surface area contributed by atoms with Crippen LogP contribution in [0.5, 0.6) is 0 Å². The molecule has 0 amide bonds. The Hall–Kier alpha value is -1.72. The molecule has 2 saturated heterocycles. The van der Waals surface area contributed by atoms with Crippen LogP contribution >= 0.6 is 0 Å². The van der Waals surface area contributed by atoms with E-state index in [0.29, 0.717) is 5.41 Å². The van der Waals surface area contributed by atoms with Crippen LogP contribution in [0.3, 0.4) is 0 Å². The Kier molecular flexibility index (Phi) is 4.84. The van der Waals surface area contributed by atoms with E-state index in [1.165, 1.54) is 30.5 Å². The van der Waals surface area contributed by atoms with Crippen LogP contribution in [0, 0.1) is 18.2 Å². The fourth-order valence-corrected chi connectivity index (χ4v) is 4.75. The van der Waals surface area contributed by atoms with Crippen molar-refractivity contribution in [2.45, 2.75) is 39.3 Å². The van der Waals surface area contributed by atoms with Crippen molar-refractivity contribution in [1.82, 2.24) is 19.6 Å². The predicted octanol–water partition coefficient (Wildman–Crippen LogP) is 3.36. The number of hydrogen-bond donors (Lipinski definition) is 0. The summed E-state index contributed by atoms with van der Waals surface area (Å²) in [4.78, 5) is 5.04. The Labute approximate surface area is 155 Å². The van der Waals surface area contributed by atoms with Crippen LogP contribution in [0.2, 0.25) is 0 Å². The minimum atomic E-state index is -0.0766. The van der Waals surface area contributed by atoms with Crippen LogP contribution < -0.4 is 0 Å². The van der Waals surface area contributed by atoms with Crippen LogP contribution in [0.1, 0.15) is 36.1 Å². The fourth-order valence-electron chi connectivity index (χ4n) is 4.75. The van der Waals surface area contributed by atoms with E-state index in [4.69, 9.17) is 0 Å². The van der Waals surface area contributed by atoms with E-state index >= 15 is 0 Å². The van der Waals surface area contributed by atoms with Crippen LogP contribution in [0.4, 0.5) is 4.39 Å². The lowest BCUT2D eigenvalue weighted by Crippen LogP contribution is -2.44. The van der Waals surface area contributed by atoms with E-state index in [1.54, 1.807) is 12.1 Å². The first-order valence-corrected chi connectivity index (χ1v) is 9.70. The molecule has 140 valence electrons. The maximum Gasteiger partial charge on any atom is 0.127 e. The third kappa shape index (κ3) is 3.55. The van der Waals surface area contributed by atoms with E-state index in [1.807, 2.05) is 30.1 Å². The zero-order chi connectivity index (χ0) is 18.1. The van der Waals surface area contributed by atoms with Gasteiger partial charge in [-0.05, 0) is 50.8 Å². The minimum absolute atomic E-state index is 0.0766. The molecular weight excluding hydrogens is 327 g/mol. The molecular formula is C21H29FN4. The van der Waals surface area contributed by atoms with Gasteiger partial charge in [0.05, 0.1) is 6.20 Å². The first kappa shape index (κ1) is 17.7. The van der Waals surface area contributed by atoms with Crippen molar-refractivity contribution in [1.29, 1.82) is 0 Å². The second kappa shape index (κ2) is 7.12. The van der Waals surface area contributed by atoms with Gasteiger partial charge < -0.3 is 0 Å². The van der Waals surface area contributed by atoms with Crippen LogP contribution in [0.15, 0.2) is 30.5 Å². The number of benzene rings is 1. The van der Waals surface area contributed by atoms with Gasteiger partial charge in [0.1, 0.15) is 5.82 Å². The molecule has 4 nitrogen and oxygen atoms in total. The van der Waals surface area contributed by atoms with Crippen molar-refractivity contribution in [3.8, 4) is 0 Å². The summed E-state index contributed by atoms with van der Waals surface area (Å²) in [6.45, 7) is 8.34. The lowest BCUT2D eigenvalue weighted by Gasteiger charge is -2.40. The van der Waals surface area contributed by atoms with Gasteiger partial charge in [0.15, 0.2) is 0 Å². The molecule has 0 unspecified atom stereocenters. The van der Waals surface area contributed by atoms with Crippen LogP contribution in [0.25, 0.3) is 0 Å². The van der Waals surface area contributed by atoms with Gasteiger partial charge in [0.2, 0.25) is 0 Å². The van der Waals surface area contributed by atoms with Crippen molar-refractivity contribution < 1.29 is 4.39 Å². The second-order valence-electron chi connectivity index (χ2n) is 8.25. The lowest BCUT2D eigenvalue weighted by molar-refractivity contribution is 0.0858. The van der Waals surface area contributed by atoms with E-state index in [9.17, 15) is 4.39 Å². The third-order valence-corrected chi connectivity index (χ3v) is 6.34. The molecule has 26 heavy (non-hydrogen) atoms. The highest BCUT2D eigenvalue weighted by Crippen LogP contribution is 2.40. The van der Waals surface area contributed by atoms with E-state index in [2.05, 4.69) is 21.8 Å². The van der Waals surface area contributed by atoms with Gasteiger partial charge >= 0.3 is 0 Å². The average molecular weight is 356 g/mol. The smallest absolute Gasteiger partial charge is 0.127 e. The topological polar surface area (TPSA) is 24.3 Å². The molecule has 2 aliphatic heterocycles. The average Bonchev–Trinajstić information content (AvgIpc) is 3.15. The number of aromatic nitrogens is 2. The van der Waals surface area contributed by atoms with Crippen molar-refractivity contribution in [2.24, 2.45) is 12.5 Å². The molecule has 1 atom stereocenters. The summed E-state index contributed by atoms with van der Waals surface area (Å²) in [5.41, 5.74) is 3.80. The number of hydrogen-bond acceptors (Lipinski definition) is 3. The normalized spacial score (nSPS) is 24.6. The van der Waals surface area contributed by atoms with E-state index in [-0.39, 0.29) is 5.82 Å². The van der Waals surface area contributed by atoms with Crippen molar-refractivity contribution in [3.05, 3.63) is 53.1 Å². The van der Waals surface area contributed by atoms with Gasteiger partial charge in [0.25, 0.3) is 0 Å². The van der Waals surface area contributed by atoms with Gasteiger partial charge in [-0.25, -0.2) is 4.39 Å². The molecule has 0 bridgehead atoms. The molecule has 1 spiro atoms. The Balaban J connectivity index is 1.39. The summed E-state index contributed by atoms with van der Waals surface area (Å²) < 4.78 is 16.0. The lowest BCUT2D eigenvalue weighted by atomic mass is 9.79. The molecule has 0 radical (unpaired) electrons. The monoisotopic (exact) mass is 356 g/mol. The van der Waals surface area contributed by atoms with Crippen LogP contribution in [-0.2, 0) is 20.1 Å². The largest absolute Gasteiger partial charge is 0.298 e. The zero-order valence-corrected chi connectivity index (χ0v) is 15.9. The molecule has 2 aliphatic rings. The SMILES string of the molecule is Cc1c(CN2CC[C@]3(CCCN(Cc4ccccc4F)C3)C2)cnn1C. The second-order valence-corrected chi connectivity index (χ2v) is 8.25. The van der Waals surface area contributed by atoms with Gasteiger partial charge in [-0.15, -0.1) is 0 Å². The van der Waals surface area contributed by atoms with Crippen molar-refractivity contribution in [2.75, 3.05) is 26.2 Å². The highest BCUT2D eigenvalue weighted by Gasteiger charge is 2.41. The first-order valence-electron chi connectivity index (χ1n) is 9.70. The quantitative estimate of drug-likeness (QED) is 0.840. The molecule has 0 aliphatic carbocycles. The molecule has 2 aromatic rings. The standard InChI is InChI=1S/C21H29FN4/c1-17-19(12-23-24(17)2)14-26-11-9-21(16-26)8-5-10-25(15-21)13-18-6-3-4-7-20(18)22/h3-4,6-7,12H,5,8-11,13-16H2,1-2H3/t21-/m0/s1. The van der Waals surface area contributed by atoms with Gasteiger partial charge in [-0.2, -0.15) is 5.10 Å². The Morgan fingerprint density at radius 2 is 1.77 bits per heavy atom. The summed E-state index contributed by atoms with van der Waals surface area (Å²) in [5.74, 6) is -0.0766. The highest BCUT2D eigenvalue weighted by atomic mass is 19.1. The Bertz CT molecular complexity index is 771. The molecule has 1 aromatic heterocycles. The minimum Gasteiger partial charge on any atom is -0.298 e. The van der Waals surface area contributed by atoms with E-state index < -0.39 is 0 Å². The van der Waals surface area contributed by atoms with Gasteiger partial charge in [0, 0.05) is 50.0 Å². The number of likely N-dealkylation sites (tertiary alicyclic amines) is 2. The first-order chi connectivity index (χ1) is 12.5. The fraction of sp³-hybridized carbons (Fsp3) is 0.571. The molecule has 2 fully saturated rings. The third-order valence-electron chi connectivity index (χ3n) is 6.34. The molecule has 0 N–H and O–H groups in total. The molecule has 0 saturated carbocycles. The van der Waals surface area contributed by atoms with E-state index in [0.717, 1.165) is 44.8 Å².